The predicted molar refractivity (Wildman–Crippen MR) is 116 cm³/mol. The van der Waals surface area contributed by atoms with Gasteiger partial charge >= 0.3 is 0 Å². The van der Waals surface area contributed by atoms with Crippen LogP contribution in [0.5, 0.6) is 0 Å². The van der Waals surface area contributed by atoms with Crippen LogP contribution < -0.4 is 10.9 Å². The lowest BCUT2D eigenvalue weighted by molar-refractivity contribution is 0.0383. The summed E-state index contributed by atoms with van der Waals surface area (Å²) >= 11 is 0. The molecular formula is C23H26N4O3. The summed E-state index contributed by atoms with van der Waals surface area (Å²) < 4.78 is 6.99. The van der Waals surface area contributed by atoms with Crippen LogP contribution in [0.2, 0.25) is 0 Å². The number of hydrogen-bond acceptors (Lipinski definition) is 5. The SMILES string of the molecule is Cc1nc2ccn(Cc3ccccc3)c(=O)c2cc1C(=O)NCCN1CCOCC1. The molecule has 4 rings (SSSR count). The Hall–Kier alpha value is -3.03. The number of carbonyl (C=O) groups excluding carboxylic acids is 1. The van der Waals surface area contributed by atoms with Gasteiger partial charge < -0.3 is 14.6 Å². The van der Waals surface area contributed by atoms with Crippen molar-refractivity contribution in [1.82, 2.24) is 19.8 Å². The number of pyridine rings is 2. The van der Waals surface area contributed by atoms with E-state index in [1.165, 1.54) is 0 Å². The molecule has 0 radical (unpaired) electrons. The largest absolute Gasteiger partial charge is 0.379 e. The van der Waals surface area contributed by atoms with E-state index in [1.54, 1.807) is 23.8 Å². The van der Waals surface area contributed by atoms with Crippen LogP contribution in [0.4, 0.5) is 0 Å². The number of hydrogen-bond donors (Lipinski definition) is 1. The van der Waals surface area contributed by atoms with Crippen molar-refractivity contribution < 1.29 is 9.53 Å². The van der Waals surface area contributed by atoms with Gasteiger partial charge in [-0.1, -0.05) is 30.3 Å². The van der Waals surface area contributed by atoms with Crippen LogP contribution in [0.1, 0.15) is 21.6 Å². The van der Waals surface area contributed by atoms with Crippen molar-refractivity contribution in [3.05, 3.63) is 75.8 Å². The number of fused-ring (bicyclic) bond motifs is 1. The lowest BCUT2D eigenvalue weighted by Crippen LogP contribution is -2.41. The second-order valence-corrected chi connectivity index (χ2v) is 7.50. The number of amides is 1. The van der Waals surface area contributed by atoms with Crippen LogP contribution >= 0.6 is 0 Å². The number of nitrogens with zero attached hydrogens (tertiary/aromatic N) is 3. The van der Waals surface area contributed by atoms with Gasteiger partial charge in [0.2, 0.25) is 0 Å². The van der Waals surface area contributed by atoms with Crippen molar-refractivity contribution in [1.29, 1.82) is 0 Å². The minimum atomic E-state index is -0.201. The summed E-state index contributed by atoms with van der Waals surface area (Å²) in [7, 11) is 0. The number of nitrogens with one attached hydrogen (secondary N) is 1. The lowest BCUT2D eigenvalue weighted by atomic mass is 10.1. The fourth-order valence-corrected chi connectivity index (χ4v) is 3.69. The highest BCUT2D eigenvalue weighted by Crippen LogP contribution is 2.14. The first-order valence-corrected chi connectivity index (χ1v) is 10.2. The zero-order valence-corrected chi connectivity index (χ0v) is 17.1. The molecule has 1 aliphatic heterocycles. The Morgan fingerprint density at radius 1 is 1.17 bits per heavy atom. The number of benzene rings is 1. The maximum absolute atomic E-state index is 13.0. The van der Waals surface area contributed by atoms with Crippen LogP contribution in [0.25, 0.3) is 10.9 Å². The molecule has 0 saturated carbocycles. The van der Waals surface area contributed by atoms with Crippen molar-refractivity contribution in [2.45, 2.75) is 13.5 Å². The van der Waals surface area contributed by atoms with Crippen molar-refractivity contribution >= 4 is 16.8 Å². The van der Waals surface area contributed by atoms with Crippen molar-refractivity contribution in [3.8, 4) is 0 Å². The Bertz CT molecular complexity index is 1090. The summed E-state index contributed by atoms with van der Waals surface area (Å²) in [5, 5.41) is 3.41. The monoisotopic (exact) mass is 406 g/mol. The van der Waals surface area contributed by atoms with Crippen LogP contribution in [-0.2, 0) is 11.3 Å². The highest BCUT2D eigenvalue weighted by molar-refractivity contribution is 5.98. The predicted octanol–water partition coefficient (Wildman–Crippen LogP) is 1.82. The topological polar surface area (TPSA) is 76.5 Å². The van der Waals surface area contributed by atoms with E-state index in [9.17, 15) is 9.59 Å². The zero-order chi connectivity index (χ0) is 20.9. The molecule has 0 atom stereocenters. The number of ether oxygens (including phenoxy) is 1. The van der Waals surface area contributed by atoms with Gasteiger partial charge in [-0.2, -0.15) is 0 Å². The summed E-state index contributed by atoms with van der Waals surface area (Å²) in [5.74, 6) is -0.201. The van der Waals surface area contributed by atoms with E-state index in [1.807, 2.05) is 36.4 Å². The minimum absolute atomic E-state index is 0.147. The molecule has 0 aliphatic carbocycles. The van der Waals surface area contributed by atoms with Crippen molar-refractivity contribution in [3.63, 3.8) is 0 Å². The fourth-order valence-electron chi connectivity index (χ4n) is 3.69. The molecule has 0 spiro atoms. The molecule has 7 nitrogen and oxygen atoms in total. The maximum atomic E-state index is 13.0. The van der Waals surface area contributed by atoms with Gasteiger partial charge in [0.15, 0.2) is 0 Å². The van der Waals surface area contributed by atoms with Gasteiger partial charge in [-0.05, 0) is 24.6 Å². The molecule has 1 fully saturated rings. The van der Waals surface area contributed by atoms with E-state index in [0.717, 1.165) is 38.4 Å². The standard InChI is InChI=1S/C23H26N4O3/c1-17-19(22(28)24-8-10-26-11-13-30-14-12-26)15-20-21(25-17)7-9-27(23(20)29)16-18-5-3-2-4-6-18/h2-7,9,15H,8,10-14,16H2,1H3,(H,24,28). The van der Waals surface area contributed by atoms with Crippen LogP contribution in [-0.4, -0.2) is 59.8 Å². The molecule has 1 aliphatic rings. The molecule has 0 unspecified atom stereocenters. The summed E-state index contributed by atoms with van der Waals surface area (Å²) in [5.41, 5.74) is 2.56. The average Bonchev–Trinajstić information content (AvgIpc) is 2.77. The van der Waals surface area contributed by atoms with E-state index in [2.05, 4.69) is 15.2 Å². The van der Waals surface area contributed by atoms with E-state index in [4.69, 9.17) is 4.74 Å². The first-order valence-electron chi connectivity index (χ1n) is 10.2. The second kappa shape index (κ2) is 9.19. The molecule has 2 aromatic heterocycles. The van der Waals surface area contributed by atoms with Crippen molar-refractivity contribution in [2.75, 3.05) is 39.4 Å². The van der Waals surface area contributed by atoms with Gasteiger partial charge in [-0.25, -0.2) is 0 Å². The maximum Gasteiger partial charge on any atom is 0.260 e. The van der Waals surface area contributed by atoms with Gasteiger partial charge in [0.05, 0.1) is 41.9 Å². The van der Waals surface area contributed by atoms with E-state index in [0.29, 0.717) is 35.2 Å². The van der Waals surface area contributed by atoms with Gasteiger partial charge in [0.1, 0.15) is 0 Å². The fraction of sp³-hybridized carbons (Fsp3) is 0.348. The van der Waals surface area contributed by atoms with Crippen molar-refractivity contribution in [2.24, 2.45) is 0 Å². The summed E-state index contributed by atoms with van der Waals surface area (Å²) in [6.07, 6.45) is 1.76. The highest BCUT2D eigenvalue weighted by atomic mass is 16.5. The normalized spacial score (nSPS) is 14.7. The molecule has 1 aromatic carbocycles. The molecule has 3 heterocycles. The molecule has 1 amide bonds. The molecule has 7 heteroatoms. The molecule has 156 valence electrons. The zero-order valence-electron chi connectivity index (χ0n) is 17.1. The molecular weight excluding hydrogens is 380 g/mol. The summed E-state index contributed by atoms with van der Waals surface area (Å²) in [4.78, 5) is 32.5. The third-order valence-electron chi connectivity index (χ3n) is 5.40. The Kier molecular flexibility index (Phi) is 6.21. The third kappa shape index (κ3) is 4.58. The van der Waals surface area contributed by atoms with E-state index in [-0.39, 0.29) is 11.5 Å². The molecule has 1 N–H and O–H groups in total. The lowest BCUT2D eigenvalue weighted by Gasteiger charge is -2.26. The number of aryl methyl sites for hydroxylation is 1. The average molecular weight is 406 g/mol. The molecule has 1 saturated heterocycles. The first-order chi connectivity index (χ1) is 14.6. The van der Waals surface area contributed by atoms with Gasteiger partial charge in [0.25, 0.3) is 11.5 Å². The Labute approximate surface area is 175 Å². The summed E-state index contributed by atoms with van der Waals surface area (Å²) in [6, 6.07) is 13.3. The Balaban J connectivity index is 1.52. The van der Waals surface area contributed by atoms with E-state index >= 15 is 0 Å². The molecule has 0 bridgehead atoms. The Morgan fingerprint density at radius 2 is 1.93 bits per heavy atom. The number of carbonyl (C=O) groups is 1. The van der Waals surface area contributed by atoms with Gasteiger partial charge in [-0.3, -0.25) is 19.5 Å². The summed E-state index contributed by atoms with van der Waals surface area (Å²) in [6.45, 7) is 6.83. The van der Waals surface area contributed by atoms with Crippen LogP contribution in [0, 0.1) is 6.92 Å². The smallest absolute Gasteiger partial charge is 0.260 e. The van der Waals surface area contributed by atoms with Gasteiger partial charge in [0, 0.05) is 32.4 Å². The second-order valence-electron chi connectivity index (χ2n) is 7.50. The quantitative estimate of drug-likeness (QED) is 0.676. The third-order valence-corrected chi connectivity index (χ3v) is 5.40. The first kappa shape index (κ1) is 20.3. The van der Waals surface area contributed by atoms with Crippen LogP contribution in [0.15, 0.2) is 53.5 Å². The number of rotatable bonds is 6. The van der Waals surface area contributed by atoms with Crippen LogP contribution in [0.3, 0.4) is 0 Å². The number of morpholine rings is 1. The van der Waals surface area contributed by atoms with Gasteiger partial charge in [-0.15, -0.1) is 0 Å². The molecule has 30 heavy (non-hydrogen) atoms. The highest BCUT2D eigenvalue weighted by Gasteiger charge is 2.15. The van der Waals surface area contributed by atoms with E-state index < -0.39 is 0 Å². The number of aromatic nitrogens is 2. The Morgan fingerprint density at radius 3 is 2.70 bits per heavy atom. The minimum Gasteiger partial charge on any atom is -0.379 e. The molecule has 3 aromatic rings.